The highest BCUT2D eigenvalue weighted by atomic mass is 32.3. The molecule has 0 atom stereocenters. The third kappa shape index (κ3) is 4.34. The minimum absolute atomic E-state index is 0.675. The fourth-order valence-corrected chi connectivity index (χ4v) is 7.74. The second-order valence-electron chi connectivity index (χ2n) is 7.85. The topological polar surface area (TPSA) is 9.23 Å². The summed E-state index contributed by atoms with van der Waals surface area (Å²) in [6.45, 7) is 7.42. The maximum Gasteiger partial charge on any atom is 0.127 e. The molecule has 1 aliphatic heterocycles. The van der Waals surface area contributed by atoms with Gasteiger partial charge in [-0.05, 0) is 78.5 Å². The summed E-state index contributed by atoms with van der Waals surface area (Å²) >= 11 is 0. The van der Waals surface area contributed by atoms with Crippen molar-refractivity contribution in [2.24, 2.45) is 5.92 Å². The van der Waals surface area contributed by atoms with E-state index in [1.54, 1.807) is 0 Å². The first-order valence-corrected chi connectivity index (χ1v) is 12.3. The summed E-state index contributed by atoms with van der Waals surface area (Å²) in [5.74, 6) is 4.48. The third-order valence-electron chi connectivity index (χ3n) is 5.90. The van der Waals surface area contributed by atoms with Crippen LogP contribution in [0.5, 0.6) is 5.75 Å². The van der Waals surface area contributed by atoms with E-state index < -0.39 is 10.0 Å². The second kappa shape index (κ2) is 8.49. The Labute approximate surface area is 155 Å². The highest BCUT2D eigenvalue weighted by Gasteiger charge is 2.26. The maximum atomic E-state index is 6.31. The van der Waals surface area contributed by atoms with Gasteiger partial charge in [0, 0.05) is 5.22 Å². The Kier molecular flexibility index (Phi) is 6.33. The number of benzene rings is 1. The van der Waals surface area contributed by atoms with Gasteiger partial charge in [-0.25, -0.2) is 10.0 Å². The minimum atomic E-state index is -0.675. The van der Waals surface area contributed by atoms with Crippen molar-refractivity contribution >= 4 is 22.7 Å². The van der Waals surface area contributed by atoms with Crippen LogP contribution in [0.4, 0.5) is 0 Å². The highest BCUT2D eigenvalue weighted by Crippen LogP contribution is 2.56. The van der Waals surface area contributed by atoms with Crippen molar-refractivity contribution < 1.29 is 4.74 Å². The van der Waals surface area contributed by atoms with Gasteiger partial charge < -0.3 is 4.74 Å². The predicted molar refractivity (Wildman–Crippen MR) is 113 cm³/mol. The van der Waals surface area contributed by atoms with Crippen LogP contribution in [0, 0.1) is 5.92 Å². The van der Waals surface area contributed by atoms with Gasteiger partial charge in [-0.15, -0.1) is 0 Å². The van der Waals surface area contributed by atoms with Crippen molar-refractivity contribution in [2.75, 3.05) is 24.4 Å². The number of rotatable bonds is 5. The molecule has 1 aromatic rings. The van der Waals surface area contributed by atoms with Crippen molar-refractivity contribution in [2.45, 2.75) is 56.8 Å². The van der Waals surface area contributed by atoms with E-state index >= 15 is 0 Å². The number of hydrogen-bond donors (Lipinski definition) is 0. The van der Waals surface area contributed by atoms with Gasteiger partial charge in [-0.2, -0.15) is 0 Å². The Morgan fingerprint density at radius 2 is 1.84 bits per heavy atom. The zero-order chi connectivity index (χ0) is 17.7. The van der Waals surface area contributed by atoms with Gasteiger partial charge in [0.2, 0.25) is 0 Å². The molecule has 0 amide bonds. The Morgan fingerprint density at radius 3 is 2.52 bits per heavy atom. The lowest BCUT2D eigenvalue weighted by atomic mass is 9.90. The first-order valence-electron chi connectivity index (χ1n) is 9.95. The van der Waals surface area contributed by atoms with Crippen LogP contribution >= 0.6 is 10.0 Å². The van der Waals surface area contributed by atoms with Gasteiger partial charge in [0.15, 0.2) is 0 Å². The molecule has 0 unspecified atom stereocenters. The van der Waals surface area contributed by atoms with Crippen molar-refractivity contribution in [3.63, 3.8) is 0 Å². The van der Waals surface area contributed by atoms with Crippen molar-refractivity contribution in [1.29, 1.82) is 0 Å². The average Bonchev–Trinajstić information content (AvgIpc) is 3.07. The molecule has 1 saturated carbocycles. The van der Waals surface area contributed by atoms with Crippen LogP contribution in [0.15, 0.2) is 29.2 Å². The van der Waals surface area contributed by atoms with E-state index in [-0.39, 0.29) is 0 Å². The molecule has 0 N–H and O–H groups in total. The van der Waals surface area contributed by atoms with Gasteiger partial charge in [0.25, 0.3) is 0 Å². The van der Waals surface area contributed by atoms with Crippen LogP contribution in [0.1, 0.15) is 51.9 Å². The van der Waals surface area contributed by atoms with Gasteiger partial charge in [0.1, 0.15) is 5.75 Å². The van der Waals surface area contributed by atoms with Crippen LogP contribution in [0.25, 0.3) is 12.7 Å². The third-order valence-corrected chi connectivity index (χ3v) is 9.72. The standard InChI is InChI=1S/C23H34OS/c1-4-5-13-21-19(2)23(25(3)16-9-10-17-25)15-14-22(21)24-18-20-11-7-6-8-12-20/h4-5,13-15,20H,2,6-12,16-18H2,1,3H3. The summed E-state index contributed by atoms with van der Waals surface area (Å²) in [7, 11) is -0.675. The van der Waals surface area contributed by atoms with Crippen molar-refractivity contribution in [3.8, 4) is 5.75 Å². The summed E-state index contributed by atoms with van der Waals surface area (Å²) in [5, 5.41) is 2.41. The molecule has 2 aliphatic rings. The molecule has 0 spiro atoms. The van der Waals surface area contributed by atoms with Gasteiger partial charge in [0.05, 0.1) is 6.61 Å². The summed E-state index contributed by atoms with van der Waals surface area (Å²) in [5.41, 5.74) is 0. The first-order chi connectivity index (χ1) is 12.1. The van der Waals surface area contributed by atoms with E-state index in [9.17, 15) is 0 Å². The summed E-state index contributed by atoms with van der Waals surface area (Å²) < 4.78 is 6.31. The molecule has 1 heterocycles. The first kappa shape index (κ1) is 18.6. The van der Waals surface area contributed by atoms with Gasteiger partial charge in [-0.1, -0.05) is 44.1 Å². The molecule has 138 valence electrons. The lowest BCUT2D eigenvalue weighted by Crippen LogP contribution is -2.31. The van der Waals surface area contributed by atoms with E-state index in [1.807, 2.05) is 0 Å². The number of ether oxygens (including phenoxy) is 1. The van der Waals surface area contributed by atoms with Crippen LogP contribution in [0.3, 0.4) is 0 Å². The molecule has 0 radical (unpaired) electrons. The van der Waals surface area contributed by atoms with Crippen LogP contribution in [0.2, 0.25) is 0 Å². The van der Waals surface area contributed by atoms with E-state index in [0.717, 1.165) is 18.3 Å². The van der Waals surface area contributed by atoms with Crippen LogP contribution in [-0.4, -0.2) is 24.4 Å². The molecule has 2 heteroatoms. The molecule has 3 rings (SSSR count). The SMILES string of the molecule is C=c1c(S2(C)CCCC2)ccc(OCC2CCCCC2)c1=CC=CC. The fraction of sp³-hybridized carbons (Fsp3) is 0.565. The molecule has 1 aromatic carbocycles. The van der Waals surface area contributed by atoms with E-state index in [2.05, 4.69) is 50.1 Å². The minimum Gasteiger partial charge on any atom is -0.493 e. The van der Waals surface area contributed by atoms with Crippen molar-refractivity contribution in [1.82, 2.24) is 0 Å². The molecular formula is C23H34OS. The van der Waals surface area contributed by atoms with Gasteiger partial charge >= 0.3 is 0 Å². The molecule has 0 bridgehead atoms. The van der Waals surface area contributed by atoms with Crippen molar-refractivity contribution in [3.05, 3.63) is 34.7 Å². The molecule has 1 saturated heterocycles. The van der Waals surface area contributed by atoms with E-state index in [4.69, 9.17) is 4.74 Å². The summed E-state index contributed by atoms with van der Waals surface area (Å²) in [6.07, 6.45) is 18.4. The molecule has 0 aromatic heterocycles. The largest absolute Gasteiger partial charge is 0.493 e. The zero-order valence-electron chi connectivity index (χ0n) is 16.1. The lowest BCUT2D eigenvalue weighted by molar-refractivity contribution is 0.207. The Morgan fingerprint density at radius 1 is 1.12 bits per heavy atom. The molecular weight excluding hydrogens is 324 g/mol. The predicted octanol–water partition coefficient (Wildman–Crippen LogP) is 5.00. The maximum absolute atomic E-state index is 6.31. The van der Waals surface area contributed by atoms with Crippen LogP contribution < -0.4 is 15.2 Å². The Bertz CT molecular complexity index is 706. The smallest absolute Gasteiger partial charge is 0.127 e. The Hall–Kier alpha value is -1.15. The monoisotopic (exact) mass is 358 g/mol. The molecule has 2 fully saturated rings. The highest BCUT2D eigenvalue weighted by molar-refractivity contribution is 8.33. The zero-order valence-corrected chi connectivity index (χ0v) is 16.9. The average molecular weight is 359 g/mol. The second-order valence-corrected chi connectivity index (χ2v) is 11.7. The van der Waals surface area contributed by atoms with E-state index in [0.29, 0.717) is 0 Å². The molecule has 1 aliphatic carbocycles. The number of hydrogen-bond acceptors (Lipinski definition) is 1. The van der Waals surface area contributed by atoms with E-state index in [1.165, 1.54) is 71.8 Å². The number of allylic oxidation sites excluding steroid dienone is 2. The summed E-state index contributed by atoms with van der Waals surface area (Å²) in [6, 6.07) is 4.55. The summed E-state index contributed by atoms with van der Waals surface area (Å²) in [4.78, 5) is 1.51. The lowest BCUT2D eigenvalue weighted by Gasteiger charge is -2.32. The molecule has 1 nitrogen and oxygen atoms in total. The fourth-order valence-electron chi connectivity index (χ4n) is 4.31. The quantitative estimate of drug-likeness (QED) is 0.720. The van der Waals surface area contributed by atoms with Crippen LogP contribution in [-0.2, 0) is 0 Å². The normalized spacial score (nSPS) is 23.2. The molecule has 25 heavy (non-hydrogen) atoms. The van der Waals surface area contributed by atoms with Gasteiger partial charge in [-0.3, -0.25) is 0 Å². The Balaban J connectivity index is 1.89.